The topological polar surface area (TPSA) is 38.0 Å². The first-order valence-corrected chi connectivity index (χ1v) is 6.31. The smallest absolute Gasteiger partial charge is 0.00369 e. The van der Waals surface area contributed by atoms with Gasteiger partial charge in [-0.3, -0.25) is 0 Å². The van der Waals surface area contributed by atoms with Crippen LogP contribution in [0.3, 0.4) is 0 Å². The van der Waals surface area contributed by atoms with Crippen molar-refractivity contribution >= 4 is 0 Å². The fourth-order valence-corrected chi connectivity index (χ4v) is 3.37. The van der Waals surface area contributed by atoms with E-state index in [0.717, 1.165) is 37.3 Å². The molecule has 3 N–H and O–H groups in total. The third-order valence-corrected chi connectivity index (χ3v) is 4.13. The summed E-state index contributed by atoms with van der Waals surface area (Å²) < 4.78 is 0. The molecule has 3 atom stereocenters. The minimum absolute atomic E-state index is 0.821. The van der Waals surface area contributed by atoms with Crippen LogP contribution in [-0.2, 0) is 0 Å². The number of fused-ring (bicyclic) bond motifs is 2. The second-order valence-electron chi connectivity index (χ2n) is 5.12. The molecule has 2 saturated carbocycles. The molecule has 82 valence electrons. The van der Waals surface area contributed by atoms with Gasteiger partial charge in [0.2, 0.25) is 0 Å². The molecular weight excluding hydrogens is 172 g/mol. The van der Waals surface area contributed by atoms with E-state index in [9.17, 15) is 0 Å². The summed E-state index contributed by atoms with van der Waals surface area (Å²) >= 11 is 0. The molecule has 2 rings (SSSR count). The zero-order chi connectivity index (χ0) is 9.80. The third-order valence-electron chi connectivity index (χ3n) is 4.13. The molecule has 0 heterocycles. The Kier molecular flexibility index (Phi) is 3.82. The van der Waals surface area contributed by atoms with Crippen LogP contribution in [-0.4, -0.2) is 19.6 Å². The van der Waals surface area contributed by atoms with Crippen LogP contribution in [0, 0.1) is 17.8 Å². The molecule has 0 amide bonds. The van der Waals surface area contributed by atoms with Gasteiger partial charge in [0.1, 0.15) is 0 Å². The lowest BCUT2D eigenvalue weighted by Crippen LogP contribution is -2.23. The van der Waals surface area contributed by atoms with Crippen LogP contribution in [0.1, 0.15) is 38.5 Å². The largest absolute Gasteiger partial charge is 0.330 e. The number of hydrogen-bond acceptors (Lipinski definition) is 2. The van der Waals surface area contributed by atoms with Gasteiger partial charge in [-0.15, -0.1) is 0 Å². The van der Waals surface area contributed by atoms with Gasteiger partial charge in [0.15, 0.2) is 0 Å². The van der Waals surface area contributed by atoms with Crippen molar-refractivity contribution in [3.8, 4) is 0 Å². The van der Waals surface area contributed by atoms with Crippen molar-refractivity contribution in [2.45, 2.75) is 38.5 Å². The Balaban J connectivity index is 1.54. The van der Waals surface area contributed by atoms with Crippen LogP contribution < -0.4 is 11.1 Å². The summed E-state index contributed by atoms with van der Waals surface area (Å²) in [5, 5.41) is 3.49. The molecule has 0 radical (unpaired) electrons. The molecule has 0 aliphatic heterocycles. The molecule has 14 heavy (non-hydrogen) atoms. The van der Waals surface area contributed by atoms with Crippen molar-refractivity contribution in [3.63, 3.8) is 0 Å². The molecule has 0 aromatic heterocycles. The SMILES string of the molecule is NCCCNCCC1CC2CCC1C2. The zero-order valence-corrected chi connectivity index (χ0v) is 9.17. The summed E-state index contributed by atoms with van der Waals surface area (Å²) in [7, 11) is 0. The Labute approximate surface area is 87.6 Å². The Hall–Kier alpha value is -0.0800. The fourth-order valence-electron chi connectivity index (χ4n) is 3.37. The molecule has 0 saturated heterocycles. The highest BCUT2D eigenvalue weighted by molar-refractivity contribution is 4.89. The van der Waals surface area contributed by atoms with Gasteiger partial charge in [0.05, 0.1) is 0 Å². The Morgan fingerprint density at radius 1 is 1.14 bits per heavy atom. The van der Waals surface area contributed by atoms with Gasteiger partial charge in [-0.1, -0.05) is 6.42 Å². The zero-order valence-electron chi connectivity index (χ0n) is 9.17. The van der Waals surface area contributed by atoms with Crippen LogP contribution in [0.5, 0.6) is 0 Å². The Morgan fingerprint density at radius 2 is 2.07 bits per heavy atom. The van der Waals surface area contributed by atoms with Crippen LogP contribution in [0.4, 0.5) is 0 Å². The van der Waals surface area contributed by atoms with Gasteiger partial charge in [-0.05, 0) is 69.5 Å². The van der Waals surface area contributed by atoms with Crippen molar-refractivity contribution in [2.24, 2.45) is 23.5 Å². The van der Waals surface area contributed by atoms with E-state index in [1.807, 2.05) is 0 Å². The number of nitrogens with one attached hydrogen (secondary N) is 1. The number of nitrogens with two attached hydrogens (primary N) is 1. The summed E-state index contributed by atoms with van der Waals surface area (Å²) in [6.07, 6.45) is 8.67. The van der Waals surface area contributed by atoms with Crippen molar-refractivity contribution in [3.05, 3.63) is 0 Å². The Bertz CT molecular complexity index is 170. The molecule has 2 heteroatoms. The van der Waals surface area contributed by atoms with E-state index < -0.39 is 0 Å². The van der Waals surface area contributed by atoms with E-state index in [4.69, 9.17) is 5.73 Å². The maximum absolute atomic E-state index is 5.44. The van der Waals surface area contributed by atoms with E-state index in [1.54, 1.807) is 6.42 Å². The van der Waals surface area contributed by atoms with Gasteiger partial charge in [-0.25, -0.2) is 0 Å². The lowest BCUT2D eigenvalue weighted by molar-refractivity contribution is 0.310. The maximum Gasteiger partial charge on any atom is -0.00369 e. The molecule has 0 aromatic carbocycles. The van der Waals surface area contributed by atoms with Crippen LogP contribution in [0.25, 0.3) is 0 Å². The van der Waals surface area contributed by atoms with Crippen LogP contribution in [0.2, 0.25) is 0 Å². The quantitative estimate of drug-likeness (QED) is 0.635. The minimum Gasteiger partial charge on any atom is -0.330 e. The second kappa shape index (κ2) is 5.13. The van der Waals surface area contributed by atoms with Crippen molar-refractivity contribution < 1.29 is 0 Å². The summed E-state index contributed by atoms with van der Waals surface area (Å²) in [5.41, 5.74) is 5.44. The lowest BCUT2D eigenvalue weighted by Gasteiger charge is -2.21. The fraction of sp³-hybridized carbons (Fsp3) is 1.00. The lowest BCUT2D eigenvalue weighted by atomic mass is 9.86. The average Bonchev–Trinajstić information content (AvgIpc) is 2.79. The van der Waals surface area contributed by atoms with E-state index in [2.05, 4.69) is 5.32 Å². The molecule has 2 bridgehead atoms. The third kappa shape index (κ3) is 2.48. The van der Waals surface area contributed by atoms with Crippen LogP contribution >= 0.6 is 0 Å². The first kappa shape index (κ1) is 10.4. The van der Waals surface area contributed by atoms with Crippen molar-refractivity contribution in [1.82, 2.24) is 5.32 Å². The highest BCUT2D eigenvalue weighted by atomic mass is 14.8. The minimum atomic E-state index is 0.821. The van der Waals surface area contributed by atoms with Gasteiger partial charge in [-0.2, -0.15) is 0 Å². The molecule has 3 unspecified atom stereocenters. The standard InChI is InChI=1S/C12H24N2/c13-5-1-6-14-7-4-12-9-10-2-3-11(12)8-10/h10-12,14H,1-9,13H2. The molecule has 2 aliphatic carbocycles. The average molecular weight is 196 g/mol. The molecule has 2 fully saturated rings. The summed E-state index contributed by atoms with van der Waals surface area (Å²) in [6.45, 7) is 3.15. The molecular formula is C12H24N2. The summed E-state index contributed by atoms with van der Waals surface area (Å²) in [5.74, 6) is 3.25. The van der Waals surface area contributed by atoms with Gasteiger partial charge in [0.25, 0.3) is 0 Å². The van der Waals surface area contributed by atoms with Gasteiger partial charge >= 0.3 is 0 Å². The highest BCUT2D eigenvalue weighted by Crippen LogP contribution is 2.49. The normalized spacial score (nSPS) is 35.4. The molecule has 2 aliphatic rings. The first-order valence-electron chi connectivity index (χ1n) is 6.31. The van der Waals surface area contributed by atoms with Gasteiger partial charge in [0, 0.05) is 0 Å². The summed E-state index contributed by atoms with van der Waals surface area (Å²) in [6, 6.07) is 0. The van der Waals surface area contributed by atoms with Crippen molar-refractivity contribution in [2.75, 3.05) is 19.6 Å². The maximum atomic E-state index is 5.44. The number of rotatable bonds is 6. The highest BCUT2D eigenvalue weighted by Gasteiger charge is 2.38. The molecule has 2 nitrogen and oxygen atoms in total. The predicted molar refractivity (Wildman–Crippen MR) is 60.1 cm³/mol. The van der Waals surface area contributed by atoms with Crippen molar-refractivity contribution in [1.29, 1.82) is 0 Å². The van der Waals surface area contributed by atoms with E-state index >= 15 is 0 Å². The Morgan fingerprint density at radius 3 is 2.71 bits per heavy atom. The second-order valence-corrected chi connectivity index (χ2v) is 5.12. The van der Waals surface area contributed by atoms with E-state index in [0.29, 0.717) is 0 Å². The number of hydrogen-bond donors (Lipinski definition) is 2. The monoisotopic (exact) mass is 196 g/mol. The first-order chi connectivity index (χ1) is 6.90. The van der Waals surface area contributed by atoms with E-state index in [1.165, 1.54) is 32.2 Å². The van der Waals surface area contributed by atoms with Crippen LogP contribution in [0.15, 0.2) is 0 Å². The molecule has 0 aromatic rings. The predicted octanol–water partition coefficient (Wildman–Crippen LogP) is 1.75. The summed E-state index contributed by atoms with van der Waals surface area (Å²) in [4.78, 5) is 0. The van der Waals surface area contributed by atoms with Gasteiger partial charge < -0.3 is 11.1 Å². The van der Waals surface area contributed by atoms with E-state index in [-0.39, 0.29) is 0 Å². The molecule has 0 spiro atoms.